The van der Waals surface area contributed by atoms with E-state index in [0.29, 0.717) is 0 Å². The zero-order valence-corrected chi connectivity index (χ0v) is 9.90. The van der Waals surface area contributed by atoms with E-state index in [1.54, 1.807) is 0 Å². The molecule has 0 radical (unpaired) electrons. The Kier molecular flexibility index (Phi) is 3.33. The molecule has 1 aliphatic rings. The summed E-state index contributed by atoms with van der Waals surface area (Å²) in [6, 6.07) is 8.61. The SMILES string of the molecule is Brc1ccccc1C1CCCCS1. The topological polar surface area (TPSA) is 0 Å². The van der Waals surface area contributed by atoms with Crippen molar-refractivity contribution in [3.05, 3.63) is 34.3 Å². The summed E-state index contributed by atoms with van der Waals surface area (Å²) in [4.78, 5) is 0. The average Bonchev–Trinajstić information content (AvgIpc) is 2.20. The molecule has 1 fully saturated rings. The van der Waals surface area contributed by atoms with Gasteiger partial charge >= 0.3 is 0 Å². The molecular weight excluding hydrogens is 244 g/mol. The molecule has 0 spiro atoms. The van der Waals surface area contributed by atoms with Gasteiger partial charge in [-0.3, -0.25) is 0 Å². The first-order valence-corrected chi connectivity index (χ1v) is 6.58. The van der Waals surface area contributed by atoms with Crippen molar-refractivity contribution < 1.29 is 0 Å². The van der Waals surface area contributed by atoms with Gasteiger partial charge in [0.05, 0.1) is 0 Å². The molecule has 1 unspecified atom stereocenters. The Morgan fingerprint density at radius 3 is 2.77 bits per heavy atom. The van der Waals surface area contributed by atoms with Crippen LogP contribution in [-0.4, -0.2) is 5.75 Å². The van der Waals surface area contributed by atoms with Crippen LogP contribution in [0.5, 0.6) is 0 Å². The number of benzene rings is 1. The van der Waals surface area contributed by atoms with Gasteiger partial charge in [-0.2, -0.15) is 11.8 Å². The summed E-state index contributed by atoms with van der Waals surface area (Å²) in [5.74, 6) is 1.33. The van der Waals surface area contributed by atoms with Gasteiger partial charge in [0.2, 0.25) is 0 Å². The minimum atomic E-state index is 0.726. The lowest BCUT2D eigenvalue weighted by atomic mass is 10.1. The van der Waals surface area contributed by atoms with Crippen LogP contribution in [0.4, 0.5) is 0 Å². The smallest absolute Gasteiger partial charge is 0.0308 e. The lowest BCUT2D eigenvalue weighted by Crippen LogP contribution is -2.02. The molecule has 0 amide bonds. The Balaban J connectivity index is 2.18. The van der Waals surface area contributed by atoms with Gasteiger partial charge in [0.15, 0.2) is 0 Å². The van der Waals surface area contributed by atoms with E-state index in [4.69, 9.17) is 0 Å². The standard InChI is InChI=1S/C11H13BrS/c12-10-6-2-1-5-9(10)11-7-3-4-8-13-11/h1-2,5-6,11H,3-4,7-8H2. The molecule has 1 atom stereocenters. The Bertz CT molecular complexity index is 279. The largest absolute Gasteiger partial charge is 0.154 e. The minimum absolute atomic E-state index is 0.726. The van der Waals surface area contributed by atoms with Crippen molar-refractivity contribution in [3.8, 4) is 0 Å². The quantitative estimate of drug-likeness (QED) is 0.718. The van der Waals surface area contributed by atoms with E-state index in [0.717, 1.165) is 5.25 Å². The predicted octanol–water partition coefficient (Wildman–Crippen LogP) is 4.41. The number of hydrogen-bond acceptors (Lipinski definition) is 1. The summed E-state index contributed by atoms with van der Waals surface area (Å²) < 4.78 is 1.27. The summed E-state index contributed by atoms with van der Waals surface area (Å²) in [5.41, 5.74) is 1.48. The molecule has 0 nitrogen and oxygen atoms in total. The molecule has 1 heterocycles. The highest BCUT2D eigenvalue weighted by Gasteiger charge is 2.17. The number of halogens is 1. The highest BCUT2D eigenvalue weighted by molar-refractivity contribution is 9.10. The molecule has 0 aliphatic carbocycles. The van der Waals surface area contributed by atoms with Gasteiger partial charge in [0, 0.05) is 9.72 Å². The van der Waals surface area contributed by atoms with Crippen LogP contribution in [0, 0.1) is 0 Å². The second kappa shape index (κ2) is 4.52. The van der Waals surface area contributed by atoms with Crippen molar-refractivity contribution in [1.29, 1.82) is 0 Å². The van der Waals surface area contributed by atoms with Crippen LogP contribution in [0.25, 0.3) is 0 Å². The average molecular weight is 257 g/mol. The molecule has 2 heteroatoms. The summed E-state index contributed by atoms with van der Waals surface area (Å²) in [6.45, 7) is 0. The summed E-state index contributed by atoms with van der Waals surface area (Å²) >= 11 is 5.72. The lowest BCUT2D eigenvalue weighted by Gasteiger charge is -2.22. The normalized spacial score (nSPS) is 23.0. The second-order valence-corrected chi connectivity index (χ2v) is 5.54. The Hall–Kier alpha value is 0.0500. The van der Waals surface area contributed by atoms with Crippen LogP contribution >= 0.6 is 27.7 Å². The van der Waals surface area contributed by atoms with E-state index < -0.39 is 0 Å². The van der Waals surface area contributed by atoms with Crippen LogP contribution < -0.4 is 0 Å². The van der Waals surface area contributed by atoms with E-state index >= 15 is 0 Å². The van der Waals surface area contributed by atoms with E-state index in [9.17, 15) is 0 Å². The molecule has 1 aliphatic heterocycles. The molecule has 1 aromatic carbocycles. The monoisotopic (exact) mass is 256 g/mol. The van der Waals surface area contributed by atoms with Gasteiger partial charge in [-0.05, 0) is 30.2 Å². The summed E-state index contributed by atoms with van der Waals surface area (Å²) in [6.07, 6.45) is 4.12. The number of rotatable bonds is 1. The molecule has 0 aromatic heterocycles. The van der Waals surface area contributed by atoms with E-state index in [1.165, 1.54) is 35.1 Å². The van der Waals surface area contributed by atoms with Crippen molar-refractivity contribution in [2.45, 2.75) is 24.5 Å². The molecule has 0 saturated carbocycles. The Morgan fingerprint density at radius 1 is 1.23 bits per heavy atom. The summed E-state index contributed by atoms with van der Waals surface area (Å²) in [7, 11) is 0. The first-order valence-electron chi connectivity index (χ1n) is 4.74. The zero-order valence-electron chi connectivity index (χ0n) is 7.50. The van der Waals surface area contributed by atoms with Crippen molar-refractivity contribution in [1.82, 2.24) is 0 Å². The fourth-order valence-electron chi connectivity index (χ4n) is 1.72. The molecule has 1 aromatic rings. The highest BCUT2D eigenvalue weighted by Crippen LogP contribution is 2.40. The van der Waals surface area contributed by atoms with E-state index in [1.807, 2.05) is 0 Å². The molecular formula is C11H13BrS. The maximum atomic E-state index is 3.62. The molecule has 2 rings (SSSR count). The van der Waals surface area contributed by atoms with Crippen LogP contribution in [0.15, 0.2) is 28.7 Å². The van der Waals surface area contributed by atoms with Crippen LogP contribution in [0.3, 0.4) is 0 Å². The maximum absolute atomic E-state index is 3.62. The minimum Gasteiger partial charge on any atom is -0.154 e. The van der Waals surface area contributed by atoms with E-state index in [2.05, 4.69) is 52.0 Å². The second-order valence-electron chi connectivity index (χ2n) is 3.38. The highest BCUT2D eigenvalue weighted by atomic mass is 79.9. The number of thioether (sulfide) groups is 1. The van der Waals surface area contributed by atoms with Crippen LogP contribution in [0.2, 0.25) is 0 Å². The zero-order chi connectivity index (χ0) is 9.10. The van der Waals surface area contributed by atoms with Gasteiger partial charge in [0.1, 0.15) is 0 Å². The van der Waals surface area contributed by atoms with Crippen molar-refractivity contribution in [2.75, 3.05) is 5.75 Å². The molecule has 70 valence electrons. The molecule has 0 bridgehead atoms. The number of hydrogen-bond donors (Lipinski definition) is 0. The van der Waals surface area contributed by atoms with Crippen molar-refractivity contribution in [2.24, 2.45) is 0 Å². The third kappa shape index (κ3) is 2.29. The first-order chi connectivity index (χ1) is 6.38. The third-order valence-corrected chi connectivity index (χ3v) is 4.57. The molecule has 0 N–H and O–H groups in total. The van der Waals surface area contributed by atoms with Gasteiger partial charge in [-0.15, -0.1) is 0 Å². The van der Waals surface area contributed by atoms with Gasteiger partial charge < -0.3 is 0 Å². The van der Waals surface area contributed by atoms with Gasteiger partial charge in [-0.1, -0.05) is 40.5 Å². The Morgan fingerprint density at radius 2 is 2.08 bits per heavy atom. The van der Waals surface area contributed by atoms with E-state index in [-0.39, 0.29) is 0 Å². The fraction of sp³-hybridized carbons (Fsp3) is 0.455. The molecule has 13 heavy (non-hydrogen) atoms. The fourth-order valence-corrected chi connectivity index (χ4v) is 3.81. The third-order valence-electron chi connectivity index (χ3n) is 2.43. The predicted molar refractivity (Wildman–Crippen MR) is 63.2 cm³/mol. The van der Waals surface area contributed by atoms with Crippen molar-refractivity contribution >= 4 is 27.7 Å². The van der Waals surface area contributed by atoms with Crippen LogP contribution in [-0.2, 0) is 0 Å². The van der Waals surface area contributed by atoms with Gasteiger partial charge in [-0.25, -0.2) is 0 Å². The summed E-state index contributed by atoms with van der Waals surface area (Å²) in [5, 5.41) is 0.726. The lowest BCUT2D eigenvalue weighted by molar-refractivity contribution is 0.685. The molecule has 1 saturated heterocycles. The Labute approximate surface area is 92.2 Å². The van der Waals surface area contributed by atoms with Crippen LogP contribution in [0.1, 0.15) is 30.1 Å². The van der Waals surface area contributed by atoms with Crippen molar-refractivity contribution in [3.63, 3.8) is 0 Å². The van der Waals surface area contributed by atoms with Gasteiger partial charge in [0.25, 0.3) is 0 Å². The first kappa shape index (κ1) is 9.60. The maximum Gasteiger partial charge on any atom is 0.0308 e.